The molecule has 1 heterocycles. The zero-order chi connectivity index (χ0) is 24.4. The lowest BCUT2D eigenvalue weighted by atomic mass is 10.1. The molecule has 0 aliphatic heterocycles. The number of nitrogens with one attached hydrogen (secondary N) is 3. The number of aromatic nitrogens is 1. The quantitative estimate of drug-likeness (QED) is 0.328. The maximum atomic E-state index is 13.3. The van der Waals surface area contributed by atoms with E-state index in [1.54, 1.807) is 0 Å². The molecular weight excluding hydrogens is 488 g/mol. The number of benzene rings is 2. The topological polar surface area (TPSA) is 112 Å². The monoisotopic (exact) mass is 500 g/mol. The van der Waals surface area contributed by atoms with Crippen molar-refractivity contribution in [3.63, 3.8) is 0 Å². The SMILES string of the molecule is N=Cc1cnc(NC(=O)c2c(Cl)cccc2C(F)(F)F)cc1NS(=O)(=O)c1ccc(F)cc1. The van der Waals surface area contributed by atoms with Crippen LogP contribution in [0.4, 0.5) is 29.1 Å². The number of alkyl halides is 3. The van der Waals surface area contributed by atoms with Crippen LogP contribution in [0.15, 0.2) is 59.6 Å². The molecule has 172 valence electrons. The first-order valence-corrected chi connectivity index (χ1v) is 10.7. The zero-order valence-electron chi connectivity index (χ0n) is 16.2. The second-order valence-electron chi connectivity index (χ2n) is 6.47. The van der Waals surface area contributed by atoms with Gasteiger partial charge in [0.15, 0.2) is 0 Å². The molecule has 0 radical (unpaired) electrons. The van der Waals surface area contributed by atoms with Gasteiger partial charge in [0.1, 0.15) is 11.6 Å². The molecule has 3 aromatic rings. The molecular formula is C20H13ClF4N4O3S. The molecule has 3 N–H and O–H groups in total. The highest BCUT2D eigenvalue weighted by molar-refractivity contribution is 7.92. The first-order chi connectivity index (χ1) is 15.4. The fourth-order valence-corrected chi connectivity index (χ4v) is 4.06. The Morgan fingerprint density at radius 1 is 1.12 bits per heavy atom. The third kappa shape index (κ3) is 5.46. The summed E-state index contributed by atoms with van der Waals surface area (Å²) in [5, 5.41) is 9.11. The highest BCUT2D eigenvalue weighted by atomic mass is 35.5. The molecule has 1 amide bonds. The van der Waals surface area contributed by atoms with E-state index in [1.807, 2.05) is 0 Å². The summed E-state index contributed by atoms with van der Waals surface area (Å²) in [6.45, 7) is 0. The van der Waals surface area contributed by atoms with E-state index in [4.69, 9.17) is 17.0 Å². The van der Waals surface area contributed by atoms with Crippen LogP contribution in [-0.2, 0) is 16.2 Å². The standard InChI is InChI=1S/C20H13ClF4N4O3S/c21-15-3-1-2-14(20(23,24)25)18(15)19(30)28-17-8-16(11(9-26)10-27-17)29-33(31,32)13-6-4-12(22)5-7-13/h1-10,26H,(H2,27,28,29,30). The number of rotatable bonds is 6. The molecule has 0 fully saturated rings. The van der Waals surface area contributed by atoms with Crippen molar-refractivity contribution < 1.29 is 30.8 Å². The van der Waals surface area contributed by atoms with Crippen molar-refractivity contribution in [3.8, 4) is 0 Å². The highest BCUT2D eigenvalue weighted by Gasteiger charge is 2.36. The van der Waals surface area contributed by atoms with E-state index < -0.39 is 44.1 Å². The zero-order valence-corrected chi connectivity index (χ0v) is 17.8. The summed E-state index contributed by atoms with van der Waals surface area (Å²) in [5.74, 6) is -2.19. The van der Waals surface area contributed by atoms with Gasteiger partial charge in [0.25, 0.3) is 15.9 Å². The summed E-state index contributed by atoms with van der Waals surface area (Å²) in [7, 11) is -4.22. The Morgan fingerprint density at radius 3 is 2.39 bits per heavy atom. The van der Waals surface area contributed by atoms with Crippen LogP contribution in [0.3, 0.4) is 0 Å². The molecule has 33 heavy (non-hydrogen) atoms. The number of hydrogen-bond donors (Lipinski definition) is 3. The van der Waals surface area contributed by atoms with Gasteiger partial charge < -0.3 is 10.7 Å². The van der Waals surface area contributed by atoms with E-state index in [2.05, 4.69) is 15.0 Å². The fourth-order valence-electron chi connectivity index (χ4n) is 2.73. The molecule has 0 bridgehead atoms. The molecule has 13 heteroatoms. The van der Waals surface area contributed by atoms with Gasteiger partial charge in [0.05, 0.1) is 26.7 Å². The third-order valence-electron chi connectivity index (χ3n) is 4.25. The number of halogens is 5. The summed E-state index contributed by atoms with van der Waals surface area (Å²) < 4.78 is 80.3. The van der Waals surface area contributed by atoms with Crippen LogP contribution in [0.2, 0.25) is 5.02 Å². The number of carbonyl (C=O) groups is 1. The van der Waals surface area contributed by atoms with Crippen LogP contribution in [0.25, 0.3) is 0 Å². The minimum atomic E-state index is -4.86. The number of sulfonamides is 1. The van der Waals surface area contributed by atoms with E-state index in [0.717, 1.165) is 54.9 Å². The number of amides is 1. The first-order valence-electron chi connectivity index (χ1n) is 8.88. The van der Waals surface area contributed by atoms with Gasteiger partial charge >= 0.3 is 6.18 Å². The van der Waals surface area contributed by atoms with Crippen molar-refractivity contribution in [1.29, 1.82) is 5.41 Å². The highest BCUT2D eigenvalue weighted by Crippen LogP contribution is 2.35. The second kappa shape index (κ2) is 9.16. The van der Waals surface area contributed by atoms with Crippen LogP contribution in [-0.4, -0.2) is 25.5 Å². The predicted molar refractivity (Wildman–Crippen MR) is 114 cm³/mol. The van der Waals surface area contributed by atoms with E-state index in [-0.39, 0.29) is 22.0 Å². The molecule has 2 aromatic carbocycles. The molecule has 7 nitrogen and oxygen atoms in total. The van der Waals surface area contributed by atoms with Crippen LogP contribution in [0, 0.1) is 11.2 Å². The molecule has 0 spiro atoms. The van der Waals surface area contributed by atoms with E-state index in [1.165, 1.54) is 0 Å². The van der Waals surface area contributed by atoms with Crippen LogP contribution < -0.4 is 10.0 Å². The Balaban J connectivity index is 1.95. The van der Waals surface area contributed by atoms with Gasteiger partial charge in [0, 0.05) is 24.0 Å². The van der Waals surface area contributed by atoms with Gasteiger partial charge in [-0.05, 0) is 36.4 Å². The minimum Gasteiger partial charge on any atom is -0.308 e. The van der Waals surface area contributed by atoms with Crippen molar-refractivity contribution in [2.45, 2.75) is 11.1 Å². The smallest absolute Gasteiger partial charge is 0.308 e. The van der Waals surface area contributed by atoms with Crippen LogP contribution in [0.1, 0.15) is 21.5 Å². The summed E-state index contributed by atoms with van der Waals surface area (Å²) in [6, 6.07) is 7.76. The number of carbonyl (C=O) groups excluding carboxylic acids is 1. The normalized spacial score (nSPS) is 11.7. The van der Waals surface area contributed by atoms with Gasteiger partial charge in [0.2, 0.25) is 0 Å². The van der Waals surface area contributed by atoms with Crippen molar-refractivity contribution >= 4 is 45.3 Å². The average molecular weight is 501 g/mol. The van der Waals surface area contributed by atoms with Crippen LogP contribution in [0.5, 0.6) is 0 Å². The lowest BCUT2D eigenvalue weighted by Gasteiger charge is -2.15. The Kier molecular flexibility index (Phi) is 6.70. The molecule has 0 aliphatic carbocycles. The molecule has 0 saturated heterocycles. The van der Waals surface area contributed by atoms with Crippen molar-refractivity contribution in [2.75, 3.05) is 10.0 Å². The van der Waals surface area contributed by atoms with Crippen molar-refractivity contribution in [1.82, 2.24) is 4.98 Å². The van der Waals surface area contributed by atoms with Gasteiger partial charge in [-0.1, -0.05) is 17.7 Å². The Morgan fingerprint density at radius 2 is 1.79 bits per heavy atom. The van der Waals surface area contributed by atoms with E-state index in [0.29, 0.717) is 6.07 Å². The van der Waals surface area contributed by atoms with Gasteiger partial charge in [-0.25, -0.2) is 17.8 Å². The Bertz CT molecular complexity index is 1330. The lowest BCUT2D eigenvalue weighted by molar-refractivity contribution is -0.137. The number of pyridine rings is 1. The van der Waals surface area contributed by atoms with E-state index >= 15 is 0 Å². The molecule has 0 unspecified atom stereocenters. The summed E-state index contributed by atoms with van der Waals surface area (Å²) in [6.07, 6.45) is -3.05. The Hall–Kier alpha value is -3.51. The lowest BCUT2D eigenvalue weighted by Crippen LogP contribution is -2.20. The third-order valence-corrected chi connectivity index (χ3v) is 5.94. The molecule has 3 rings (SSSR count). The number of hydrogen-bond acceptors (Lipinski definition) is 5. The maximum absolute atomic E-state index is 13.3. The summed E-state index contributed by atoms with van der Waals surface area (Å²) in [4.78, 5) is 16.1. The van der Waals surface area contributed by atoms with Crippen LogP contribution >= 0.6 is 11.6 Å². The predicted octanol–water partition coefficient (Wildman–Crippen LogP) is 4.94. The van der Waals surface area contributed by atoms with E-state index in [9.17, 15) is 30.8 Å². The number of nitrogens with zero attached hydrogens (tertiary/aromatic N) is 1. The number of anilines is 2. The first kappa shape index (κ1) is 24.1. The minimum absolute atomic E-state index is 0.00703. The molecule has 0 atom stereocenters. The molecule has 0 aliphatic rings. The molecule has 1 aromatic heterocycles. The average Bonchev–Trinajstić information content (AvgIpc) is 2.73. The largest absolute Gasteiger partial charge is 0.417 e. The Labute approximate surface area is 190 Å². The van der Waals surface area contributed by atoms with Crippen molar-refractivity contribution in [3.05, 3.63) is 82.3 Å². The molecule has 0 saturated carbocycles. The van der Waals surface area contributed by atoms with Gasteiger partial charge in [-0.2, -0.15) is 13.2 Å². The second-order valence-corrected chi connectivity index (χ2v) is 8.56. The summed E-state index contributed by atoms with van der Waals surface area (Å²) >= 11 is 5.81. The van der Waals surface area contributed by atoms with Gasteiger partial charge in [-0.3, -0.25) is 9.52 Å². The summed E-state index contributed by atoms with van der Waals surface area (Å²) in [5.41, 5.74) is -2.30. The fraction of sp³-hybridized carbons (Fsp3) is 0.0500. The van der Waals surface area contributed by atoms with Crippen molar-refractivity contribution in [2.24, 2.45) is 0 Å². The van der Waals surface area contributed by atoms with Gasteiger partial charge in [-0.15, -0.1) is 0 Å². The maximum Gasteiger partial charge on any atom is 0.417 e.